The number of hydrogen-bond donors (Lipinski definition) is 3. The normalized spacial score (nSPS) is 10.6. The first-order valence-electron chi connectivity index (χ1n) is 4.86. The van der Waals surface area contributed by atoms with Gasteiger partial charge >= 0.3 is 11.4 Å². The number of rotatable bonds is 3. The summed E-state index contributed by atoms with van der Waals surface area (Å²) >= 11 is 0. The lowest BCUT2D eigenvalue weighted by molar-refractivity contribution is 0.733. The lowest BCUT2D eigenvalue weighted by Crippen LogP contribution is -2.26. The monoisotopic (exact) mass is 220 g/mol. The van der Waals surface area contributed by atoms with E-state index in [1.165, 1.54) is 0 Å². The maximum atomic E-state index is 11.2. The molecule has 0 saturated heterocycles. The molecule has 0 unspecified atom stereocenters. The van der Waals surface area contributed by atoms with Gasteiger partial charge in [0.25, 0.3) is 0 Å². The molecule has 16 heavy (non-hydrogen) atoms. The second-order valence-electron chi connectivity index (χ2n) is 3.47. The number of H-pyrrole nitrogens is 2. The Morgan fingerprint density at radius 3 is 2.00 bits per heavy atom. The highest BCUT2D eigenvalue weighted by Crippen LogP contribution is 2.03. The van der Waals surface area contributed by atoms with Gasteiger partial charge in [0.05, 0.1) is 6.54 Å². The summed E-state index contributed by atoms with van der Waals surface area (Å²) in [7, 11) is 0. The fourth-order valence-electron chi connectivity index (χ4n) is 1.44. The van der Waals surface area contributed by atoms with Crippen molar-refractivity contribution in [3.63, 3.8) is 0 Å². The highest BCUT2D eigenvalue weighted by molar-refractivity contribution is 5.22. The van der Waals surface area contributed by atoms with Gasteiger partial charge < -0.3 is 5.73 Å². The minimum absolute atomic E-state index is 0.252. The zero-order valence-corrected chi connectivity index (χ0v) is 8.56. The summed E-state index contributed by atoms with van der Waals surface area (Å²) in [5.74, 6) is 0. The van der Waals surface area contributed by atoms with E-state index in [9.17, 15) is 9.59 Å². The smallest absolute Gasteiger partial charge is 0.326 e. The van der Waals surface area contributed by atoms with Crippen molar-refractivity contribution in [1.29, 1.82) is 0 Å². The lowest BCUT2D eigenvalue weighted by atomic mass is 10.1. The van der Waals surface area contributed by atoms with E-state index in [-0.39, 0.29) is 6.54 Å². The number of aromatic amines is 2. The van der Waals surface area contributed by atoms with Gasteiger partial charge in [-0.2, -0.15) is 0 Å². The predicted octanol–water partition coefficient (Wildman–Crippen LogP) is -0.628. The molecule has 2 rings (SSSR count). The predicted molar refractivity (Wildman–Crippen MR) is 59.1 cm³/mol. The van der Waals surface area contributed by atoms with Crippen molar-refractivity contribution >= 4 is 0 Å². The second kappa shape index (κ2) is 4.19. The second-order valence-corrected chi connectivity index (χ2v) is 3.47. The Hall–Kier alpha value is -2.08. The van der Waals surface area contributed by atoms with Crippen LogP contribution in [-0.4, -0.2) is 14.8 Å². The van der Waals surface area contributed by atoms with Gasteiger partial charge in [-0.1, -0.05) is 24.3 Å². The number of nitrogens with two attached hydrogens (primary N) is 1. The van der Waals surface area contributed by atoms with Gasteiger partial charge in [-0.25, -0.2) is 24.4 Å². The van der Waals surface area contributed by atoms with Crippen LogP contribution >= 0.6 is 0 Å². The highest BCUT2D eigenvalue weighted by Gasteiger charge is 2.03. The number of nitrogens with one attached hydrogen (secondary N) is 2. The number of nitrogens with zero attached hydrogens (tertiary/aromatic N) is 1. The van der Waals surface area contributed by atoms with Gasteiger partial charge in [-0.15, -0.1) is 0 Å². The van der Waals surface area contributed by atoms with Crippen LogP contribution < -0.4 is 17.1 Å². The zero-order valence-electron chi connectivity index (χ0n) is 8.56. The Bertz CT molecular complexity index is 548. The van der Waals surface area contributed by atoms with E-state index < -0.39 is 11.4 Å². The minimum Gasteiger partial charge on any atom is -0.326 e. The molecule has 6 heteroatoms. The molecule has 0 aliphatic heterocycles. The number of aromatic nitrogens is 3. The lowest BCUT2D eigenvalue weighted by Gasteiger charge is -2.01. The molecule has 1 heterocycles. The molecule has 0 saturated carbocycles. The molecule has 0 spiro atoms. The SMILES string of the molecule is NCc1ccc(Cn2c(=O)[nH][nH]c2=O)cc1. The van der Waals surface area contributed by atoms with Crippen LogP contribution in [0.2, 0.25) is 0 Å². The molecular weight excluding hydrogens is 208 g/mol. The van der Waals surface area contributed by atoms with Crippen molar-refractivity contribution in [3.05, 3.63) is 56.4 Å². The quantitative estimate of drug-likeness (QED) is 0.642. The Balaban J connectivity index is 2.27. The summed E-state index contributed by atoms with van der Waals surface area (Å²) in [6.07, 6.45) is 0. The molecule has 6 nitrogen and oxygen atoms in total. The molecule has 0 bridgehead atoms. The Morgan fingerprint density at radius 1 is 1.00 bits per heavy atom. The van der Waals surface area contributed by atoms with Gasteiger partial charge in [0.2, 0.25) is 0 Å². The van der Waals surface area contributed by atoms with E-state index in [0.29, 0.717) is 6.54 Å². The molecule has 4 N–H and O–H groups in total. The Labute approximate surface area is 90.7 Å². The average Bonchev–Trinajstić information content (AvgIpc) is 2.62. The maximum Gasteiger partial charge on any atom is 0.344 e. The van der Waals surface area contributed by atoms with Crippen molar-refractivity contribution < 1.29 is 0 Å². The largest absolute Gasteiger partial charge is 0.344 e. The summed E-state index contributed by atoms with van der Waals surface area (Å²) in [6, 6.07) is 7.45. The molecular formula is C10H12N4O2. The summed E-state index contributed by atoms with van der Waals surface area (Å²) in [5, 5.41) is 4.46. The highest BCUT2D eigenvalue weighted by atomic mass is 16.2. The van der Waals surface area contributed by atoms with E-state index >= 15 is 0 Å². The van der Waals surface area contributed by atoms with E-state index in [2.05, 4.69) is 10.2 Å². The molecule has 1 aromatic carbocycles. The van der Waals surface area contributed by atoms with E-state index in [1.54, 1.807) is 0 Å². The molecule has 0 aliphatic carbocycles. The van der Waals surface area contributed by atoms with Gasteiger partial charge in [-0.05, 0) is 11.1 Å². The summed E-state index contributed by atoms with van der Waals surface area (Å²) in [4.78, 5) is 22.4. The van der Waals surface area contributed by atoms with E-state index in [4.69, 9.17) is 5.73 Å². The summed E-state index contributed by atoms with van der Waals surface area (Å²) in [5.41, 5.74) is 6.49. The molecule has 0 aliphatic rings. The molecule has 0 fully saturated rings. The van der Waals surface area contributed by atoms with Gasteiger partial charge in [0, 0.05) is 6.54 Å². The number of benzene rings is 1. The van der Waals surface area contributed by atoms with Crippen LogP contribution in [0.15, 0.2) is 33.9 Å². The molecule has 1 aromatic heterocycles. The van der Waals surface area contributed by atoms with Crippen LogP contribution in [0.1, 0.15) is 11.1 Å². The molecule has 0 amide bonds. The standard InChI is InChI=1S/C10H12N4O2/c11-5-7-1-3-8(4-2-7)6-14-9(15)12-13-10(14)16/h1-4H,5-6,11H2,(H,12,15)(H,13,16). The third-order valence-corrected chi connectivity index (χ3v) is 2.37. The van der Waals surface area contributed by atoms with Crippen molar-refractivity contribution in [1.82, 2.24) is 14.8 Å². The maximum absolute atomic E-state index is 11.2. The molecule has 0 atom stereocenters. The first-order valence-corrected chi connectivity index (χ1v) is 4.86. The van der Waals surface area contributed by atoms with E-state index in [1.807, 2.05) is 24.3 Å². The first kappa shape index (κ1) is 10.4. The van der Waals surface area contributed by atoms with Crippen LogP contribution in [0.5, 0.6) is 0 Å². The first-order chi connectivity index (χ1) is 7.70. The van der Waals surface area contributed by atoms with Crippen molar-refractivity contribution in [2.24, 2.45) is 5.73 Å². The van der Waals surface area contributed by atoms with Crippen LogP contribution in [0.4, 0.5) is 0 Å². The third kappa shape index (κ3) is 1.96. The van der Waals surface area contributed by atoms with Crippen LogP contribution in [0.25, 0.3) is 0 Å². The fourth-order valence-corrected chi connectivity index (χ4v) is 1.44. The summed E-state index contributed by atoms with van der Waals surface area (Å²) in [6.45, 7) is 0.730. The van der Waals surface area contributed by atoms with Gasteiger partial charge in [0.15, 0.2) is 0 Å². The molecule has 0 radical (unpaired) electrons. The minimum atomic E-state index is -0.437. The average molecular weight is 220 g/mol. The summed E-state index contributed by atoms with van der Waals surface area (Å²) < 4.78 is 1.09. The van der Waals surface area contributed by atoms with Crippen LogP contribution in [0, 0.1) is 0 Å². The number of hydrogen-bond acceptors (Lipinski definition) is 3. The zero-order chi connectivity index (χ0) is 11.5. The molecule has 2 aromatic rings. The topological polar surface area (TPSA) is 96.7 Å². The molecule has 84 valence electrons. The Kier molecular flexibility index (Phi) is 2.74. The van der Waals surface area contributed by atoms with Crippen molar-refractivity contribution in [2.45, 2.75) is 13.1 Å². The third-order valence-electron chi connectivity index (χ3n) is 2.37. The van der Waals surface area contributed by atoms with Crippen LogP contribution in [0.3, 0.4) is 0 Å². The van der Waals surface area contributed by atoms with Crippen LogP contribution in [-0.2, 0) is 13.1 Å². The van der Waals surface area contributed by atoms with Crippen molar-refractivity contribution in [2.75, 3.05) is 0 Å². The Morgan fingerprint density at radius 2 is 1.50 bits per heavy atom. The fraction of sp³-hybridized carbons (Fsp3) is 0.200. The van der Waals surface area contributed by atoms with Gasteiger partial charge in [0.1, 0.15) is 0 Å². The van der Waals surface area contributed by atoms with Gasteiger partial charge in [-0.3, -0.25) is 0 Å². The van der Waals surface area contributed by atoms with Crippen molar-refractivity contribution in [3.8, 4) is 0 Å². The van der Waals surface area contributed by atoms with E-state index in [0.717, 1.165) is 15.7 Å².